The van der Waals surface area contributed by atoms with Crippen LogP contribution in [-0.4, -0.2) is 4.57 Å². The van der Waals surface area contributed by atoms with Gasteiger partial charge < -0.3 is 0 Å². The van der Waals surface area contributed by atoms with Gasteiger partial charge >= 0.3 is 0 Å². The molecule has 33 heavy (non-hydrogen) atoms. The molecule has 0 spiro atoms. The lowest BCUT2D eigenvalue weighted by Gasteiger charge is -2.06. The highest BCUT2D eigenvalue weighted by atomic mass is 15.1. The average Bonchev–Trinajstić information content (AvgIpc) is 3.22. The Morgan fingerprint density at radius 1 is 0.515 bits per heavy atom. The fraction of sp³-hybridized carbons (Fsp3) is 0.903. The van der Waals surface area contributed by atoms with Crippen molar-refractivity contribution >= 4 is 0 Å². The van der Waals surface area contributed by atoms with E-state index in [1.807, 2.05) is 0 Å². The van der Waals surface area contributed by atoms with Crippen LogP contribution in [0.25, 0.3) is 0 Å². The van der Waals surface area contributed by atoms with Crippen molar-refractivity contribution in [3.8, 4) is 0 Å². The average molecular weight is 462 g/mol. The third kappa shape index (κ3) is 16.5. The molecule has 0 bridgehead atoms. The first-order valence-electron chi connectivity index (χ1n) is 15.4. The van der Waals surface area contributed by atoms with Gasteiger partial charge in [-0.1, -0.05) is 136 Å². The number of aromatic nitrogens is 2. The van der Waals surface area contributed by atoms with Crippen LogP contribution in [0, 0.1) is 0 Å². The molecule has 0 fully saturated rings. The molecular formula is C31H61N2+. The van der Waals surface area contributed by atoms with Gasteiger partial charge in [0.15, 0.2) is 0 Å². The quantitative estimate of drug-likeness (QED) is 0.101. The van der Waals surface area contributed by atoms with Crippen molar-refractivity contribution < 1.29 is 4.57 Å². The van der Waals surface area contributed by atoms with Crippen molar-refractivity contribution in [3.05, 3.63) is 18.2 Å². The molecule has 0 aliphatic rings. The standard InChI is InChI=1S/C31H61N2/c1-4-7-9-11-13-15-17-18-19-21-23-25-27-31-32(6-3)29-30-33(31)28-26-24-22-20-16-14-12-10-8-5-2/h29-30H,4-28H2,1-3H3/q+1. The number of aryl methyl sites for hydroxylation is 2. The maximum Gasteiger partial charge on any atom is 0.256 e. The van der Waals surface area contributed by atoms with Gasteiger partial charge in [-0.3, -0.25) is 0 Å². The monoisotopic (exact) mass is 461 g/mol. The van der Waals surface area contributed by atoms with Crippen molar-refractivity contribution in [2.75, 3.05) is 0 Å². The van der Waals surface area contributed by atoms with Gasteiger partial charge in [0.1, 0.15) is 12.4 Å². The highest BCUT2D eigenvalue weighted by molar-refractivity contribution is 4.83. The Labute approximate surface area is 208 Å². The fourth-order valence-electron chi connectivity index (χ4n) is 5.17. The molecule has 2 nitrogen and oxygen atoms in total. The molecule has 0 unspecified atom stereocenters. The molecular weight excluding hydrogens is 400 g/mol. The number of hydrogen-bond acceptors (Lipinski definition) is 0. The highest BCUT2D eigenvalue weighted by Crippen LogP contribution is 2.14. The summed E-state index contributed by atoms with van der Waals surface area (Å²) in [5.41, 5.74) is 0. The zero-order chi connectivity index (χ0) is 23.8. The molecule has 0 aliphatic heterocycles. The first kappa shape index (κ1) is 30.2. The minimum absolute atomic E-state index is 1.11. The first-order chi connectivity index (χ1) is 16.3. The number of rotatable bonds is 25. The van der Waals surface area contributed by atoms with Crippen LogP contribution in [0.5, 0.6) is 0 Å². The van der Waals surface area contributed by atoms with Crippen molar-refractivity contribution in [3.63, 3.8) is 0 Å². The van der Waals surface area contributed by atoms with E-state index in [2.05, 4.69) is 42.3 Å². The molecule has 1 aromatic rings. The molecule has 0 N–H and O–H groups in total. The second-order valence-corrected chi connectivity index (χ2v) is 10.5. The molecule has 1 heterocycles. The van der Waals surface area contributed by atoms with Gasteiger partial charge in [-0.15, -0.1) is 0 Å². The summed E-state index contributed by atoms with van der Waals surface area (Å²) < 4.78 is 5.04. The van der Waals surface area contributed by atoms with Crippen LogP contribution >= 0.6 is 0 Å². The lowest BCUT2D eigenvalue weighted by Crippen LogP contribution is -2.37. The van der Waals surface area contributed by atoms with E-state index < -0.39 is 0 Å². The number of imidazole rings is 1. The van der Waals surface area contributed by atoms with E-state index in [9.17, 15) is 0 Å². The van der Waals surface area contributed by atoms with Gasteiger partial charge in [-0.25, -0.2) is 9.13 Å². The number of unbranched alkanes of at least 4 members (excludes halogenated alkanes) is 20. The lowest BCUT2D eigenvalue weighted by atomic mass is 10.0. The Morgan fingerprint density at radius 2 is 0.909 bits per heavy atom. The summed E-state index contributed by atoms with van der Waals surface area (Å²) in [4.78, 5) is 0. The van der Waals surface area contributed by atoms with Crippen LogP contribution in [0.15, 0.2) is 12.4 Å². The van der Waals surface area contributed by atoms with Crippen LogP contribution in [0.2, 0.25) is 0 Å². The third-order valence-electron chi connectivity index (χ3n) is 7.44. The zero-order valence-electron chi connectivity index (χ0n) is 23.2. The summed E-state index contributed by atoms with van der Waals surface area (Å²) >= 11 is 0. The summed E-state index contributed by atoms with van der Waals surface area (Å²) in [6, 6.07) is 0. The van der Waals surface area contributed by atoms with Crippen molar-refractivity contribution in [2.45, 2.75) is 182 Å². The highest BCUT2D eigenvalue weighted by Gasteiger charge is 2.15. The van der Waals surface area contributed by atoms with Crippen molar-refractivity contribution in [1.82, 2.24) is 4.57 Å². The topological polar surface area (TPSA) is 8.81 Å². The molecule has 0 saturated heterocycles. The molecule has 194 valence electrons. The molecule has 1 rings (SSSR count). The van der Waals surface area contributed by atoms with Gasteiger partial charge in [0, 0.05) is 6.42 Å². The maximum absolute atomic E-state index is 2.56. The van der Waals surface area contributed by atoms with E-state index >= 15 is 0 Å². The summed E-state index contributed by atoms with van der Waals surface area (Å²) in [7, 11) is 0. The second kappa shape index (κ2) is 23.0. The molecule has 0 atom stereocenters. The number of hydrogen-bond donors (Lipinski definition) is 0. The largest absolute Gasteiger partial charge is 0.256 e. The summed E-state index contributed by atoms with van der Waals surface area (Å²) in [5.74, 6) is 1.57. The van der Waals surface area contributed by atoms with Gasteiger partial charge in [0.05, 0.1) is 13.1 Å². The molecule has 0 saturated carbocycles. The van der Waals surface area contributed by atoms with E-state index in [1.165, 1.54) is 154 Å². The Balaban J connectivity index is 2.06. The Kier molecular flexibility index (Phi) is 21.1. The van der Waals surface area contributed by atoms with Crippen LogP contribution in [-0.2, 0) is 19.5 Å². The van der Waals surface area contributed by atoms with E-state index in [1.54, 1.807) is 5.82 Å². The maximum atomic E-state index is 2.56. The first-order valence-corrected chi connectivity index (χ1v) is 15.4. The Morgan fingerprint density at radius 3 is 1.33 bits per heavy atom. The lowest BCUT2D eigenvalue weighted by molar-refractivity contribution is -0.704. The SMILES string of the molecule is CCCCCCCCCCCCCCc1n(CC)cc[n+]1CCCCCCCCCCCC. The van der Waals surface area contributed by atoms with Crippen molar-refractivity contribution in [1.29, 1.82) is 0 Å². The van der Waals surface area contributed by atoms with Crippen LogP contribution in [0.4, 0.5) is 0 Å². The van der Waals surface area contributed by atoms with E-state index in [-0.39, 0.29) is 0 Å². The van der Waals surface area contributed by atoms with Gasteiger partial charge in [-0.2, -0.15) is 0 Å². The van der Waals surface area contributed by atoms with Gasteiger partial charge in [0.2, 0.25) is 0 Å². The van der Waals surface area contributed by atoms with Crippen LogP contribution in [0.3, 0.4) is 0 Å². The fourth-order valence-corrected chi connectivity index (χ4v) is 5.17. The molecule has 0 aliphatic carbocycles. The van der Waals surface area contributed by atoms with Crippen LogP contribution in [0.1, 0.15) is 168 Å². The molecule has 2 heteroatoms. The Hall–Kier alpha value is -0.790. The summed E-state index contributed by atoms with van der Waals surface area (Å²) in [5, 5.41) is 0. The third-order valence-corrected chi connectivity index (χ3v) is 7.44. The molecule has 0 amide bonds. The van der Waals surface area contributed by atoms with Crippen LogP contribution < -0.4 is 4.57 Å². The minimum Gasteiger partial charge on any atom is -0.235 e. The zero-order valence-corrected chi connectivity index (χ0v) is 23.2. The van der Waals surface area contributed by atoms with E-state index in [0.717, 1.165) is 6.54 Å². The van der Waals surface area contributed by atoms with E-state index in [0.29, 0.717) is 0 Å². The second-order valence-electron chi connectivity index (χ2n) is 10.5. The Bertz CT molecular complexity index is 519. The predicted molar refractivity (Wildman–Crippen MR) is 147 cm³/mol. The number of nitrogens with zero attached hydrogens (tertiary/aromatic N) is 2. The van der Waals surface area contributed by atoms with Gasteiger partial charge in [-0.05, 0) is 26.2 Å². The normalized spacial score (nSPS) is 11.5. The predicted octanol–water partition coefficient (Wildman–Crippen LogP) is 9.96. The smallest absolute Gasteiger partial charge is 0.235 e. The molecule has 0 radical (unpaired) electrons. The molecule has 0 aromatic carbocycles. The molecule has 1 aromatic heterocycles. The summed E-state index contributed by atoms with van der Waals surface area (Å²) in [6.45, 7) is 9.22. The minimum atomic E-state index is 1.11. The van der Waals surface area contributed by atoms with E-state index in [4.69, 9.17) is 0 Å². The van der Waals surface area contributed by atoms with Gasteiger partial charge in [0.25, 0.3) is 5.82 Å². The summed E-state index contributed by atoms with van der Waals surface area (Å²) in [6.07, 6.45) is 37.3. The van der Waals surface area contributed by atoms with Crippen molar-refractivity contribution in [2.24, 2.45) is 0 Å².